The molecule has 3 unspecified atom stereocenters. The number of hydrogen-bond donors (Lipinski definition) is 1. The van der Waals surface area contributed by atoms with Crippen molar-refractivity contribution in [2.24, 2.45) is 17.6 Å². The first kappa shape index (κ1) is 15.3. The molecule has 1 aromatic rings. The highest BCUT2D eigenvalue weighted by Gasteiger charge is 2.34. The fraction of sp³-hybridized carbons (Fsp3) is 0.647. The van der Waals surface area contributed by atoms with Crippen molar-refractivity contribution in [1.29, 1.82) is 0 Å². The Labute approximate surface area is 123 Å². The number of nitrogens with zero attached hydrogens (tertiary/aromatic N) is 1. The van der Waals surface area contributed by atoms with Gasteiger partial charge in [0.1, 0.15) is 5.75 Å². The Morgan fingerprint density at radius 2 is 2.10 bits per heavy atom. The lowest BCUT2D eigenvalue weighted by molar-refractivity contribution is 0.230. The molecule has 1 saturated carbocycles. The quantitative estimate of drug-likeness (QED) is 0.832. The van der Waals surface area contributed by atoms with Crippen molar-refractivity contribution in [2.75, 3.05) is 20.1 Å². The first-order chi connectivity index (χ1) is 9.51. The number of likely N-dealkylation sites (N-methyl/N-ethyl adjacent to an activating group) is 1. The number of hydrogen-bond acceptors (Lipinski definition) is 3. The summed E-state index contributed by atoms with van der Waals surface area (Å²) in [6, 6.07) is 8.63. The highest BCUT2D eigenvalue weighted by atomic mass is 16.5. The van der Waals surface area contributed by atoms with E-state index in [2.05, 4.69) is 37.1 Å². The maximum Gasteiger partial charge on any atom is 0.120 e. The minimum absolute atomic E-state index is 0.201. The summed E-state index contributed by atoms with van der Waals surface area (Å²) < 4.78 is 5.78. The van der Waals surface area contributed by atoms with Crippen molar-refractivity contribution in [3.8, 4) is 5.75 Å². The van der Waals surface area contributed by atoms with Crippen LogP contribution in [0.2, 0.25) is 0 Å². The zero-order valence-corrected chi connectivity index (χ0v) is 13.2. The predicted octanol–water partition coefficient (Wildman–Crippen LogP) is 3.06. The molecule has 1 fully saturated rings. The molecule has 0 radical (unpaired) electrons. The van der Waals surface area contributed by atoms with Crippen molar-refractivity contribution in [3.05, 3.63) is 29.8 Å². The van der Waals surface area contributed by atoms with Crippen LogP contribution in [0.5, 0.6) is 5.75 Å². The summed E-state index contributed by atoms with van der Waals surface area (Å²) in [7, 11) is 2.18. The Kier molecular flexibility index (Phi) is 5.06. The van der Waals surface area contributed by atoms with Gasteiger partial charge in [-0.1, -0.05) is 19.1 Å². The van der Waals surface area contributed by atoms with Crippen LogP contribution < -0.4 is 10.5 Å². The lowest BCUT2D eigenvalue weighted by Crippen LogP contribution is -2.32. The van der Waals surface area contributed by atoms with E-state index < -0.39 is 0 Å². The van der Waals surface area contributed by atoms with E-state index in [1.165, 1.54) is 12.0 Å². The molecule has 0 aliphatic heterocycles. The molecule has 2 rings (SSSR count). The minimum atomic E-state index is 0.201. The van der Waals surface area contributed by atoms with Crippen LogP contribution in [-0.2, 0) is 0 Å². The van der Waals surface area contributed by atoms with Crippen molar-refractivity contribution in [3.63, 3.8) is 0 Å². The highest BCUT2D eigenvalue weighted by Crippen LogP contribution is 2.39. The smallest absolute Gasteiger partial charge is 0.120 e. The number of nitrogens with two attached hydrogens (primary N) is 1. The molecule has 3 atom stereocenters. The lowest BCUT2D eigenvalue weighted by atomic mass is 10.0. The number of ether oxygens (including phenoxy) is 1. The normalized spacial score (nSPS) is 23.1. The molecule has 1 aliphatic carbocycles. The molecule has 3 nitrogen and oxygen atoms in total. The Morgan fingerprint density at radius 3 is 2.65 bits per heavy atom. The van der Waals surface area contributed by atoms with E-state index in [1.54, 1.807) is 0 Å². The molecule has 0 spiro atoms. The molecule has 0 aromatic heterocycles. The van der Waals surface area contributed by atoms with Crippen LogP contribution in [0.15, 0.2) is 24.3 Å². The zero-order chi connectivity index (χ0) is 14.7. The fourth-order valence-corrected chi connectivity index (χ4v) is 2.79. The molecular formula is C17H28N2O. The van der Waals surface area contributed by atoms with Crippen LogP contribution in [-0.4, -0.2) is 31.1 Å². The van der Waals surface area contributed by atoms with Crippen LogP contribution >= 0.6 is 0 Å². The molecule has 20 heavy (non-hydrogen) atoms. The Bertz CT molecular complexity index is 433. The largest absolute Gasteiger partial charge is 0.491 e. The van der Waals surface area contributed by atoms with E-state index in [4.69, 9.17) is 10.5 Å². The molecule has 1 aliphatic rings. The second-order valence-electron chi connectivity index (χ2n) is 6.40. The van der Waals surface area contributed by atoms with E-state index in [9.17, 15) is 0 Å². The summed E-state index contributed by atoms with van der Waals surface area (Å²) in [5.41, 5.74) is 7.26. The van der Waals surface area contributed by atoms with Gasteiger partial charge in [0.05, 0.1) is 6.10 Å². The van der Waals surface area contributed by atoms with Crippen molar-refractivity contribution in [1.82, 2.24) is 4.90 Å². The van der Waals surface area contributed by atoms with E-state index in [0.717, 1.165) is 24.1 Å². The van der Waals surface area contributed by atoms with Gasteiger partial charge in [0.15, 0.2) is 0 Å². The second-order valence-corrected chi connectivity index (χ2v) is 6.40. The van der Waals surface area contributed by atoms with Gasteiger partial charge in [-0.15, -0.1) is 0 Å². The summed E-state index contributed by atoms with van der Waals surface area (Å²) in [6.45, 7) is 8.20. The summed E-state index contributed by atoms with van der Waals surface area (Å²) in [6.07, 6.45) is 1.56. The molecule has 3 heteroatoms. The second kappa shape index (κ2) is 6.59. The monoisotopic (exact) mass is 276 g/mol. The molecule has 0 amide bonds. The first-order valence-electron chi connectivity index (χ1n) is 7.68. The number of benzene rings is 1. The van der Waals surface area contributed by atoms with E-state index in [1.807, 2.05) is 19.9 Å². The summed E-state index contributed by atoms with van der Waals surface area (Å²) in [5, 5.41) is 0. The van der Waals surface area contributed by atoms with Gasteiger partial charge in [-0.2, -0.15) is 0 Å². The standard InChI is InChI=1S/C17H28N2O/c1-12(2)20-16-7-5-6-14(9-16)17(10-18)19(4)11-15-8-13(15)3/h5-7,9,12-13,15,17H,8,10-11,18H2,1-4H3. The molecule has 0 saturated heterocycles. The van der Waals surface area contributed by atoms with Gasteiger partial charge < -0.3 is 10.5 Å². The first-order valence-corrected chi connectivity index (χ1v) is 7.68. The van der Waals surface area contributed by atoms with Crippen LogP contribution in [0.25, 0.3) is 0 Å². The highest BCUT2D eigenvalue weighted by molar-refractivity contribution is 5.31. The van der Waals surface area contributed by atoms with Gasteiger partial charge in [0, 0.05) is 19.1 Å². The average molecular weight is 276 g/mol. The third-order valence-corrected chi connectivity index (χ3v) is 4.17. The third kappa shape index (κ3) is 3.97. The SMILES string of the molecule is CC(C)Oc1cccc(C(CN)N(C)CC2CC2C)c1. The molecule has 1 aromatic carbocycles. The Hall–Kier alpha value is -1.06. The summed E-state index contributed by atoms with van der Waals surface area (Å²) in [5.74, 6) is 2.67. The van der Waals surface area contributed by atoms with E-state index >= 15 is 0 Å². The van der Waals surface area contributed by atoms with E-state index in [0.29, 0.717) is 6.54 Å². The van der Waals surface area contributed by atoms with Gasteiger partial charge in [-0.3, -0.25) is 4.90 Å². The molecule has 2 N–H and O–H groups in total. The van der Waals surface area contributed by atoms with Crippen LogP contribution in [0.3, 0.4) is 0 Å². The Morgan fingerprint density at radius 1 is 1.40 bits per heavy atom. The van der Waals surface area contributed by atoms with Crippen molar-refractivity contribution in [2.45, 2.75) is 39.3 Å². The zero-order valence-electron chi connectivity index (χ0n) is 13.2. The van der Waals surface area contributed by atoms with Gasteiger partial charge >= 0.3 is 0 Å². The van der Waals surface area contributed by atoms with Crippen LogP contribution in [0.1, 0.15) is 38.8 Å². The Balaban J connectivity index is 2.05. The molecule has 0 bridgehead atoms. The van der Waals surface area contributed by atoms with Gasteiger partial charge in [0.25, 0.3) is 0 Å². The molecule has 0 heterocycles. The van der Waals surface area contributed by atoms with Crippen molar-refractivity contribution < 1.29 is 4.74 Å². The predicted molar refractivity (Wildman–Crippen MR) is 83.9 cm³/mol. The maximum atomic E-state index is 6.01. The third-order valence-electron chi connectivity index (χ3n) is 4.17. The lowest BCUT2D eigenvalue weighted by Gasteiger charge is -2.28. The number of rotatable bonds is 7. The van der Waals surface area contributed by atoms with Crippen molar-refractivity contribution >= 4 is 0 Å². The summed E-state index contributed by atoms with van der Waals surface area (Å²) in [4.78, 5) is 2.39. The molecular weight excluding hydrogens is 248 g/mol. The molecule has 112 valence electrons. The maximum absolute atomic E-state index is 6.01. The summed E-state index contributed by atoms with van der Waals surface area (Å²) >= 11 is 0. The fourth-order valence-electron chi connectivity index (χ4n) is 2.79. The minimum Gasteiger partial charge on any atom is -0.491 e. The van der Waals surface area contributed by atoms with Gasteiger partial charge in [0.2, 0.25) is 0 Å². The average Bonchev–Trinajstić information content (AvgIpc) is 3.05. The van der Waals surface area contributed by atoms with Crippen LogP contribution in [0, 0.1) is 11.8 Å². The van der Waals surface area contributed by atoms with Crippen LogP contribution in [0.4, 0.5) is 0 Å². The van der Waals surface area contributed by atoms with Gasteiger partial charge in [-0.05, 0) is 56.8 Å². The van der Waals surface area contributed by atoms with Gasteiger partial charge in [-0.25, -0.2) is 0 Å². The topological polar surface area (TPSA) is 38.5 Å². The van der Waals surface area contributed by atoms with E-state index in [-0.39, 0.29) is 12.1 Å².